The van der Waals surface area contributed by atoms with Gasteiger partial charge in [-0.2, -0.15) is 0 Å². The predicted molar refractivity (Wildman–Crippen MR) is 58.5 cm³/mol. The van der Waals surface area contributed by atoms with Crippen LogP contribution in [-0.4, -0.2) is 13.0 Å². The summed E-state index contributed by atoms with van der Waals surface area (Å²) in [6.45, 7) is 6.00. The first-order chi connectivity index (χ1) is 6.86. The summed E-state index contributed by atoms with van der Waals surface area (Å²) in [5, 5.41) is 2.40. The van der Waals surface area contributed by atoms with Crippen LogP contribution in [0, 0.1) is 5.82 Å². The van der Waals surface area contributed by atoms with Gasteiger partial charge < -0.3 is 5.32 Å². The number of hydrogen-bond donors (Lipinski definition) is 1. The number of rotatable bonds is 1. The maximum atomic E-state index is 13.6. The lowest BCUT2D eigenvalue weighted by Gasteiger charge is -2.19. The van der Waals surface area contributed by atoms with Crippen LogP contribution >= 0.6 is 0 Å². The lowest BCUT2D eigenvalue weighted by atomic mass is 9.86. The molecule has 0 saturated carbocycles. The van der Waals surface area contributed by atoms with E-state index in [0.29, 0.717) is 0 Å². The highest BCUT2D eigenvalue weighted by atomic mass is 19.1. The van der Waals surface area contributed by atoms with E-state index in [0.717, 1.165) is 5.56 Å². The Morgan fingerprint density at radius 2 is 1.93 bits per heavy atom. The number of halogens is 1. The van der Waals surface area contributed by atoms with Crippen molar-refractivity contribution in [2.45, 2.75) is 26.2 Å². The molecule has 0 heterocycles. The normalized spacial score (nSPS) is 11.3. The standard InChI is InChI=1S/C12H16FNO/c1-12(2,3)8-5-6-9(10(13)7-8)11(15)14-4/h5-7H,1-4H3,(H,14,15). The third kappa shape index (κ3) is 2.55. The van der Waals surface area contributed by atoms with Crippen molar-refractivity contribution in [3.05, 3.63) is 35.1 Å². The van der Waals surface area contributed by atoms with Crippen LogP contribution in [0.5, 0.6) is 0 Å². The summed E-state index contributed by atoms with van der Waals surface area (Å²) in [7, 11) is 1.49. The van der Waals surface area contributed by atoms with Gasteiger partial charge in [-0.1, -0.05) is 26.8 Å². The summed E-state index contributed by atoms with van der Waals surface area (Å²) in [6.07, 6.45) is 0. The zero-order valence-corrected chi connectivity index (χ0v) is 9.52. The Labute approximate surface area is 89.5 Å². The van der Waals surface area contributed by atoms with Gasteiger partial charge in [0.2, 0.25) is 0 Å². The van der Waals surface area contributed by atoms with Gasteiger partial charge in [0, 0.05) is 7.05 Å². The number of carbonyl (C=O) groups excluding carboxylic acids is 1. The van der Waals surface area contributed by atoms with Gasteiger partial charge in [0.15, 0.2) is 0 Å². The highest BCUT2D eigenvalue weighted by molar-refractivity contribution is 5.94. The Kier molecular flexibility index (Phi) is 3.12. The summed E-state index contributed by atoms with van der Waals surface area (Å²) in [4.78, 5) is 11.2. The van der Waals surface area contributed by atoms with Crippen molar-refractivity contribution < 1.29 is 9.18 Å². The van der Waals surface area contributed by atoms with Gasteiger partial charge in [0.05, 0.1) is 5.56 Å². The van der Waals surface area contributed by atoms with Crippen molar-refractivity contribution in [2.24, 2.45) is 0 Å². The van der Waals surface area contributed by atoms with Crippen molar-refractivity contribution >= 4 is 5.91 Å². The Bertz CT molecular complexity index is 380. The monoisotopic (exact) mass is 209 g/mol. The quantitative estimate of drug-likeness (QED) is 0.756. The fourth-order valence-corrected chi connectivity index (χ4v) is 1.30. The lowest BCUT2D eigenvalue weighted by molar-refractivity contribution is 0.0959. The molecular weight excluding hydrogens is 193 g/mol. The van der Waals surface area contributed by atoms with Crippen LogP contribution in [0.3, 0.4) is 0 Å². The fraction of sp³-hybridized carbons (Fsp3) is 0.417. The predicted octanol–water partition coefficient (Wildman–Crippen LogP) is 2.48. The van der Waals surface area contributed by atoms with Crippen LogP contribution in [0.25, 0.3) is 0 Å². The molecule has 0 atom stereocenters. The van der Waals surface area contributed by atoms with Gasteiger partial charge >= 0.3 is 0 Å². The Morgan fingerprint density at radius 3 is 2.33 bits per heavy atom. The van der Waals surface area contributed by atoms with Crippen LogP contribution in [0.15, 0.2) is 18.2 Å². The topological polar surface area (TPSA) is 29.1 Å². The van der Waals surface area contributed by atoms with E-state index in [2.05, 4.69) is 5.32 Å². The van der Waals surface area contributed by atoms with Gasteiger partial charge in [0.1, 0.15) is 5.82 Å². The zero-order valence-electron chi connectivity index (χ0n) is 9.52. The average Bonchev–Trinajstić information content (AvgIpc) is 2.15. The van der Waals surface area contributed by atoms with E-state index in [4.69, 9.17) is 0 Å². The third-order valence-corrected chi connectivity index (χ3v) is 2.31. The minimum absolute atomic E-state index is 0.0884. The molecule has 1 rings (SSSR count). The van der Waals surface area contributed by atoms with E-state index in [9.17, 15) is 9.18 Å². The maximum absolute atomic E-state index is 13.6. The second kappa shape index (κ2) is 4.01. The maximum Gasteiger partial charge on any atom is 0.253 e. The number of hydrogen-bond acceptors (Lipinski definition) is 1. The van der Waals surface area contributed by atoms with E-state index < -0.39 is 11.7 Å². The van der Waals surface area contributed by atoms with Gasteiger partial charge in [-0.25, -0.2) is 4.39 Å². The highest BCUT2D eigenvalue weighted by Crippen LogP contribution is 2.23. The van der Waals surface area contributed by atoms with Crippen LogP contribution in [0.1, 0.15) is 36.7 Å². The van der Waals surface area contributed by atoms with Crippen LogP contribution in [0.2, 0.25) is 0 Å². The van der Waals surface area contributed by atoms with E-state index in [1.807, 2.05) is 20.8 Å². The molecule has 1 amide bonds. The van der Waals surface area contributed by atoms with Gasteiger partial charge in [-0.3, -0.25) is 4.79 Å². The molecular formula is C12H16FNO. The van der Waals surface area contributed by atoms with Crippen molar-refractivity contribution in [3.63, 3.8) is 0 Å². The summed E-state index contributed by atoms with van der Waals surface area (Å²) >= 11 is 0. The summed E-state index contributed by atoms with van der Waals surface area (Å²) in [5.74, 6) is -0.866. The second-order valence-electron chi connectivity index (χ2n) is 4.52. The van der Waals surface area contributed by atoms with E-state index >= 15 is 0 Å². The number of nitrogens with one attached hydrogen (secondary N) is 1. The number of carbonyl (C=O) groups is 1. The first kappa shape index (κ1) is 11.7. The molecule has 15 heavy (non-hydrogen) atoms. The molecule has 0 spiro atoms. The van der Waals surface area contributed by atoms with Gasteiger partial charge in [0.25, 0.3) is 5.91 Å². The minimum atomic E-state index is -0.471. The van der Waals surface area contributed by atoms with Crippen molar-refractivity contribution in [1.82, 2.24) is 5.32 Å². The molecule has 2 nitrogen and oxygen atoms in total. The zero-order chi connectivity index (χ0) is 11.6. The molecule has 1 aromatic rings. The third-order valence-electron chi connectivity index (χ3n) is 2.31. The van der Waals surface area contributed by atoms with E-state index in [1.54, 1.807) is 6.07 Å². The number of benzene rings is 1. The van der Waals surface area contributed by atoms with Crippen molar-refractivity contribution in [2.75, 3.05) is 7.05 Å². The summed E-state index contributed by atoms with van der Waals surface area (Å²) in [6, 6.07) is 4.73. The molecule has 0 bridgehead atoms. The molecule has 0 unspecified atom stereocenters. The van der Waals surface area contributed by atoms with Crippen molar-refractivity contribution in [3.8, 4) is 0 Å². The van der Waals surface area contributed by atoms with Gasteiger partial charge in [-0.05, 0) is 23.1 Å². The smallest absolute Gasteiger partial charge is 0.253 e. The highest BCUT2D eigenvalue weighted by Gasteiger charge is 2.17. The molecule has 1 N–H and O–H groups in total. The molecule has 0 aliphatic heterocycles. The van der Waals surface area contributed by atoms with Gasteiger partial charge in [-0.15, -0.1) is 0 Å². The molecule has 3 heteroatoms. The largest absolute Gasteiger partial charge is 0.355 e. The Morgan fingerprint density at radius 1 is 1.33 bits per heavy atom. The molecule has 0 aromatic heterocycles. The molecule has 0 aliphatic carbocycles. The molecule has 82 valence electrons. The molecule has 0 aliphatic rings. The minimum Gasteiger partial charge on any atom is -0.355 e. The summed E-state index contributed by atoms with van der Waals surface area (Å²) in [5.41, 5.74) is 0.861. The van der Waals surface area contributed by atoms with E-state index in [1.165, 1.54) is 19.2 Å². The van der Waals surface area contributed by atoms with Crippen LogP contribution < -0.4 is 5.32 Å². The first-order valence-corrected chi connectivity index (χ1v) is 4.88. The second-order valence-corrected chi connectivity index (χ2v) is 4.52. The SMILES string of the molecule is CNC(=O)c1ccc(C(C)(C)C)cc1F. The molecule has 0 saturated heterocycles. The molecule has 1 aromatic carbocycles. The Hall–Kier alpha value is -1.38. The summed E-state index contributed by atoms with van der Waals surface area (Å²) < 4.78 is 13.6. The molecule has 0 radical (unpaired) electrons. The lowest BCUT2D eigenvalue weighted by Crippen LogP contribution is -2.20. The molecule has 0 fully saturated rings. The van der Waals surface area contributed by atoms with E-state index in [-0.39, 0.29) is 11.0 Å². The first-order valence-electron chi connectivity index (χ1n) is 4.88. The Balaban J connectivity index is 3.15. The average molecular weight is 209 g/mol. The number of amides is 1. The fourth-order valence-electron chi connectivity index (χ4n) is 1.30. The van der Waals surface area contributed by atoms with Crippen molar-refractivity contribution in [1.29, 1.82) is 0 Å². The van der Waals surface area contributed by atoms with Crippen LogP contribution in [0.4, 0.5) is 4.39 Å². The van der Waals surface area contributed by atoms with Crippen LogP contribution in [-0.2, 0) is 5.41 Å².